The summed E-state index contributed by atoms with van der Waals surface area (Å²) in [4.78, 5) is 25.0. The Bertz CT molecular complexity index is 121. The number of rotatable bonds is 0. The predicted molar refractivity (Wildman–Crippen MR) is 28.2 cm³/mol. The molecule has 0 atom stereocenters. The average Bonchev–Trinajstić information content (AvgIpc) is 1.54. The number of carbonyl (C=O) groups excluding carboxylic acids is 3. The van der Waals surface area contributed by atoms with Crippen LogP contribution >= 0.6 is 0 Å². The van der Waals surface area contributed by atoms with Gasteiger partial charge >= 0.3 is 25.8 Å². The van der Waals surface area contributed by atoms with Crippen molar-refractivity contribution < 1.29 is 70.9 Å². The molecular weight excluding hydrogens is 387 g/mol. The van der Waals surface area contributed by atoms with Crippen molar-refractivity contribution in [1.29, 1.82) is 0 Å². The van der Waals surface area contributed by atoms with Crippen LogP contribution in [0.5, 0.6) is 0 Å². The Labute approximate surface area is 102 Å². The van der Waals surface area contributed by atoms with E-state index < -0.39 is 18.5 Å². The molecule has 0 saturated heterocycles. The SMILES string of the molecule is O=C([O-])[O-].O=C([O-])[O-].O=C([O-])[O-].[Hf+4].[NH4+].[NH4+]. The van der Waals surface area contributed by atoms with Gasteiger partial charge in [-0.2, -0.15) is 0 Å². The quantitative estimate of drug-likeness (QED) is 0.369. The molecule has 0 bridgehead atoms. The van der Waals surface area contributed by atoms with Crippen molar-refractivity contribution in [2.75, 3.05) is 0 Å². The minimum absolute atomic E-state index is 0. The number of hydrogen-bond donors (Lipinski definition) is 2. The average molecular weight is 395 g/mol. The van der Waals surface area contributed by atoms with Gasteiger partial charge in [-0.05, 0) is 18.5 Å². The van der Waals surface area contributed by atoms with Gasteiger partial charge in [0.15, 0.2) is 0 Å². The standard InChI is InChI=1S/3CH2O3.Hf.2H3N/c3*2-1(3)4;;;/h3*(H2,2,3,4);;2*1H3/q;;;+4;;/p-4. The predicted octanol–water partition coefficient (Wildman–Crippen LogP) is -6.59. The van der Waals surface area contributed by atoms with E-state index in [2.05, 4.69) is 0 Å². The second kappa shape index (κ2) is 29.4. The molecule has 0 rings (SSSR count). The van der Waals surface area contributed by atoms with Gasteiger partial charge in [-0.3, -0.25) is 0 Å². The van der Waals surface area contributed by atoms with Crippen LogP contribution < -0.4 is 42.9 Å². The third-order valence-electron chi connectivity index (χ3n) is 0. The fourth-order valence-electron chi connectivity index (χ4n) is 0. The summed E-state index contributed by atoms with van der Waals surface area (Å²) in [5.41, 5.74) is 0. The number of carbonyl (C=O) groups is 3. The zero-order valence-corrected chi connectivity index (χ0v) is 11.3. The van der Waals surface area contributed by atoms with Crippen molar-refractivity contribution in [2.24, 2.45) is 0 Å². The largest absolute Gasteiger partial charge is 4.00 e. The van der Waals surface area contributed by atoms with Gasteiger partial charge in [0.2, 0.25) is 0 Å². The number of quaternary nitrogens is 2. The molecule has 0 aromatic carbocycles. The van der Waals surface area contributed by atoms with Gasteiger partial charge in [0, 0.05) is 0 Å². The van der Waals surface area contributed by atoms with Crippen molar-refractivity contribution in [2.45, 2.75) is 0 Å². The molecule has 0 aromatic heterocycles. The third-order valence-corrected chi connectivity index (χ3v) is 0. The maximum absolute atomic E-state index is 8.33. The van der Waals surface area contributed by atoms with Crippen molar-refractivity contribution in [1.82, 2.24) is 12.3 Å². The summed E-state index contributed by atoms with van der Waals surface area (Å²) in [7, 11) is 0. The van der Waals surface area contributed by atoms with Crippen LogP contribution in [0.4, 0.5) is 14.4 Å². The summed E-state index contributed by atoms with van der Waals surface area (Å²) < 4.78 is 0. The second-order valence-electron chi connectivity index (χ2n) is 0.750. The van der Waals surface area contributed by atoms with Crippen LogP contribution in [0, 0.1) is 0 Å². The Morgan fingerprint density at radius 1 is 0.533 bits per heavy atom. The fraction of sp³-hybridized carbons (Fsp3) is 0. The van der Waals surface area contributed by atoms with Crippen LogP contribution in [0.25, 0.3) is 0 Å². The normalized spacial score (nSPS) is 4.80. The molecule has 8 N–H and O–H groups in total. The van der Waals surface area contributed by atoms with E-state index in [1.165, 1.54) is 0 Å². The minimum Gasteiger partial charge on any atom is -0.652 e. The summed E-state index contributed by atoms with van der Waals surface area (Å²) >= 11 is 0. The minimum atomic E-state index is -2.33. The maximum Gasteiger partial charge on any atom is 4.00 e. The number of hydrogen-bond acceptors (Lipinski definition) is 9. The first-order chi connectivity index (χ1) is 5.20. The molecule has 0 amide bonds. The van der Waals surface area contributed by atoms with Gasteiger partial charge in [0.1, 0.15) is 0 Å². The number of carboxylic acid groups (broad SMARTS) is 6. The molecular formula is C3H8HfN2O9. The molecule has 0 saturated carbocycles. The van der Waals surface area contributed by atoms with E-state index in [1.54, 1.807) is 0 Å². The van der Waals surface area contributed by atoms with Crippen molar-refractivity contribution in [3.8, 4) is 0 Å². The molecule has 0 aliphatic rings. The van der Waals surface area contributed by atoms with Crippen LogP contribution in [-0.4, -0.2) is 18.5 Å². The van der Waals surface area contributed by atoms with Crippen LogP contribution in [-0.2, 0) is 25.8 Å². The molecule has 0 aliphatic carbocycles. The molecule has 0 unspecified atom stereocenters. The Balaban J connectivity index is -0.0000000184. The first-order valence-corrected chi connectivity index (χ1v) is 1.84. The first kappa shape index (κ1) is 37.4. The molecule has 88 valence electrons. The van der Waals surface area contributed by atoms with Crippen LogP contribution in [0.15, 0.2) is 0 Å². The molecule has 0 aliphatic heterocycles. The topological polar surface area (TPSA) is 263 Å². The van der Waals surface area contributed by atoms with E-state index in [9.17, 15) is 0 Å². The van der Waals surface area contributed by atoms with Gasteiger partial charge in [-0.15, -0.1) is 0 Å². The van der Waals surface area contributed by atoms with E-state index in [-0.39, 0.29) is 38.1 Å². The summed E-state index contributed by atoms with van der Waals surface area (Å²) in [5.74, 6) is 0. The Morgan fingerprint density at radius 3 is 0.533 bits per heavy atom. The van der Waals surface area contributed by atoms with E-state index in [0.29, 0.717) is 0 Å². The van der Waals surface area contributed by atoms with Crippen molar-refractivity contribution in [3.05, 3.63) is 0 Å². The fourth-order valence-corrected chi connectivity index (χ4v) is 0. The summed E-state index contributed by atoms with van der Waals surface area (Å²) in [6.07, 6.45) is -7.00. The van der Waals surface area contributed by atoms with E-state index in [0.717, 1.165) is 0 Å². The zero-order chi connectivity index (χ0) is 10.7. The Hall–Kier alpha value is -1.40. The second-order valence-corrected chi connectivity index (χ2v) is 0.750. The molecule has 12 heteroatoms. The Morgan fingerprint density at radius 2 is 0.533 bits per heavy atom. The van der Waals surface area contributed by atoms with Gasteiger partial charge in [0.25, 0.3) is 0 Å². The van der Waals surface area contributed by atoms with Crippen LogP contribution in [0.1, 0.15) is 0 Å². The Kier molecular flexibility index (Phi) is 73.2. The van der Waals surface area contributed by atoms with Crippen molar-refractivity contribution >= 4 is 18.5 Å². The van der Waals surface area contributed by atoms with E-state index in [4.69, 9.17) is 45.0 Å². The van der Waals surface area contributed by atoms with E-state index >= 15 is 0 Å². The zero-order valence-electron chi connectivity index (χ0n) is 7.67. The van der Waals surface area contributed by atoms with Crippen LogP contribution in [0.3, 0.4) is 0 Å². The van der Waals surface area contributed by atoms with Gasteiger partial charge in [-0.25, -0.2) is 0 Å². The molecule has 0 heterocycles. The molecule has 0 aromatic rings. The summed E-state index contributed by atoms with van der Waals surface area (Å²) in [6.45, 7) is 0. The van der Waals surface area contributed by atoms with E-state index in [1.807, 2.05) is 0 Å². The van der Waals surface area contributed by atoms with Crippen LogP contribution in [0.2, 0.25) is 0 Å². The summed E-state index contributed by atoms with van der Waals surface area (Å²) in [6, 6.07) is 0. The monoisotopic (exact) mass is 396 g/mol. The molecule has 0 spiro atoms. The maximum atomic E-state index is 8.33. The smallest absolute Gasteiger partial charge is 0.652 e. The molecule has 15 heavy (non-hydrogen) atoms. The van der Waals surface area contributed by atoms with Crippen molar-refractivity contribution in [3.63, 3.8) is 0 Å². The van der Waals surface area contributed by atoms with Gasteiger partial charge < -0.3 is 57.3 Å². The third kappa shape index (κ3) is 722. The molecule has 11 nitrogen and oxygen atoms in total. The van der Waals surface area contributed by atoms with Gasteiger partial charge in [-0.1, -0.05) is 0 Å². The summed E-state index contributed by atoms with van der Waals surface area (Å²) in [5, 5.41) is 50.0. The first-order valence-electron chi connectivity index (χ1n) is 1.84. The van der Waals surface area contributed by atoms with Gasteiger partial charge in [0.05, 0.1) is 0 Å². The molecule has 0 radical (unpaired) electrons. The molecule has 0 fully saturated rings.